The molecule has 1 aromatic rings. The second kappa shape index (κ2) is 7.61. The fraction of sp³-hybridized carbons (Fsp3) is 0.688. The molecule has 118 valence electrons. The molecule has 0 radical (unpaired) electrons. The van der Waals surface area contributed by atoms with Crippen LogP contribution in [0.4, 0.5) is 0 Å². The molecule has 1 fully saturated rings. The number of aliphatic hydroxyl groups excluding tert-OH is 1. The highest BCUT2D eigenvalue weighted by atomic mass is 16.4. The van der Waals surface area contributed by atoms with Gasteiger partial charge in [-0.05, 0) is 51.2 Å². The molecule has 5 nitrogen and oxygen atoms in total. The van der Waals surface area contributed by atoms with Crippen molar-refractivity contribution in [2.45, 2.75) is 70.2 Å². The predicted octanol–water partition coefficient (Wildman–Crippen LogP) is 2.13. The van der Waals surface area contributed by atoms with E-state index in [1.54, 1.807) is 25.3 Å². The minimum Gasteiger partial charge on any atom is -0.467 e. The monoisotopic (exact) mass is 294 g/mol. The Hall–Kier alpha value is -1.33. The molecule has 3 N–H and O–H groups in total. The van der Waals surface area contributed by atoms with Crippen molar-refractivity contribution in [1.82, 2.24) is 10.6 Å². The Morgan fingerprint density at radius 2 is 2.05 bits per heavy atom. The van der Waals surface area contributed by atoms with Crippen LogP contribution < -0.4 is 10.6 Å². The number of nitrogens with one attached hydrogen (secondary N) is 2. The van der Waals surface area contributed by atoms with Gasteiger partial charge in [-0.3, -0.25) is 4.79 Å². The molecule has 1 heterocycles. The van der Waals surface area contributed by atoms with Crippen molar-refractivity contribution >= 4 is 5.91 Å². The van der Waals surface area contributed by atoms with Crippen molar-refractivity contribution in [3.8, 4) is 0 Å². The summed E-state index contributed by atoms with van der Waals surface area (Å²) in [6, 6.07) is 4.61. The highest BCUT2D eigenvalue weighted by molar-refractivity contribution is 5.73. The third kappa shape index (κ3) is 5.17. The molecule has 1 aromatic heterocycles. The number of hydrogen-bond donors (Lipinski definition) is 3. The lowest BCUT2D eigenvalue weighted by Crippen LogP contribution is -2.44. The topological polar surface area (TPSA) is 74.5 Å². The Kier molecular flexibility index (Phi) is 5.82. The lowest BCUT2D eigenvalue weighted by Gasteiger charge is -2.31. The van der Waals surface area contributed by atoms with Crippen LogP contribution in [-0.2, 0) is 4.79 Å². The first-order valence-corrected chi connectivity index (χ1v) is 7.79. The fourth-order valence-electron chi connectivity index (χ4n) is 3.09. The van der Waals surface area contributed by atoms with Gasteiger partial charge in [0.2, 0.25) is 5.91 Å². The van der Waals surface area contributed by atoms with Gasteiger partial charge in [0.15, 0.2) is 0 Å². The molecule has 1 aliphatic rings. The van der Waals surface area contributed by atoms with E-state index in [1.165, 1.54) is 0 Å². The molecule has 0 unspecified atom stereocenters. The summed E-state index contributed by atoms with van der Waals surface area (Å²) >= 11 is 0. The Morgan fingerprint density at radius 3 is 2.62 bits per heavy atom. The number of furan rings is 1. The predicted molar refractivity (Wildman–Crippen MR) is 80.7 cm³/mol. The second-order valence-corrected chi connectivity index (χ2v) is 6.08. The van der Waals surface area contributed by atoms with Crippen LogP contribution in [0.25, 0.3) is 0 Å². The molecule has 2 rings (SSSR count). The van der Waals surface area contributed by atoms with E-state index in [2.05, 4.69) is 17.6 Å². The minimum atomic E-state index is -0.557. The SMILES string of the molecule is CC(=O)NC1CCC(N[C@@H](C)C[C@@H](O)c2ccco2)CC1. The molecule has 0 aliphatic heterocycles. The average molecular weight is 294 g/mol. The van der Waals surface area contributed by atoms with E-state index in [4.69, 9.17) is 4.42 Å². The molecule has 2 atom stereocenters. The van der Waals surface area contributed by atoms with Crippen molar-refractivity contribution in [3.63, 3.8) is 0 Å². The zero-order valence-electron chi connectivity index (χ0n) is 12.8. The van der Waals surface area contributed by atoms with Gasteiger partial charge in [0.25, 0.3) is 0 Å². The first kappa shape index (κ1) is 16.0. The lowest BCUT2D eigenvalue weighted by atomic mass is 9.90. The number of carbonyl (C=O) groups is 1. The second-order valence-electron chi connectivity index (χ2n) is 6.08. The molecule has 21 heavy (non-hydrogen) atoms. The summed E-state index contributed by atoms with van der Waals surface area (Å²) in [6.45, 7) is 3.66. The Labute approximate surface area is 126 Å². The largest absolute Gasteiger partial charge is 0.467 e. The van der Waals surface area contributed by atoms with Crippen LogP contribution in [0.15, 0.2) is 22.8 Å². The quantitative estimate of drug-likeness (QED) is 0.751. The summed E-state index contributed by atoms with van der Waals surface area (Å²) in [6.07, 6.45) is 5.82. The first-order chi connectivity index (χ1) is 10.0. The van der Waals surface area contributed by atoms with Gasteiger partial charge in [-0.15, -0.1) is 0 Å². The highest BCUT2D eigenvalue weighted by Crippen LogP contribution is 2.22. The summed E-state index contributed by atoms with van der Waals surface area (Å²) < 4.78 is 5.22. The number of hydrogen-bond acceptors (Lipinski definition) is 4. The Morgan fingerprint density at radius 1 is 1.38 bits per heavy atom. The molecule has 0 aromatic carbocycles. The summed E-state index contributed by atoms with van der Waals surface area (Å²) in [7, 11) is 0. The van der Waals surface area contributed by atoms with Gasteiger partial charge in [0.05, 0.1) is 6.26 Å². The number of aliphatic hydroxyl groups is 1. The smallest absolute Gasteiger partial charge is 0.217 e. The van der Waals surface area contributed by atoms with E-state index in [9.17, 15) is 9.90 Å². The normalized spacial score (nSPS) is 25.3. The minimum absolute atomic E-state index is 0.0568. The zero-order chi connectivity index (χ0) is 15.2. The molecule has 5 heteroatoms. The van der Waals surface area contributed by atoms with Crippen LogP contribution in [0.5, 0.6) is 0 Å². The van der Waals surface area contributed by atoms with Crippen LogP contribution in [-0.4, -0.2) is 29.1 Å². The number of carbonyl (C=O) groups excluding carboxylic acids is 1. The van der Waals surface area contributed by atoms with Gasteiger partial charge in [-0.25, -0.2) is 0 Å². The van der Waals surface area contributed by atoms with E-state index in [-0.39, 0.29) is 11.9 Å². The molecule has 0 saturated heterocycles. The maximum Gasteiger partial charge on any atom is 0.217 e. The van der Waals surface area contributed by atoms with E-state index in [1.807, 2.05) is 0 Å². The van der Waals surface area contributed by atoms with Crippen molar-refractivity contribution in [1.29, 1.82) is 0 Å². The van der Waals surface area contributed by atoms with Gasteiger partial charge >= 0.3 is 0 Å². The van der Waals surface area contributed by atoms with Gasteiger partial charge in [-0.1, -0.05) is 0 Å². The fourth-order valence-corrected chi connectivity index (χ4v) is 3.09. The maximum absolute atomic E-state index is 11.0. The highest BCUT2D eigenvalue weighted by Gasteiger charge is 2.23. The van der Waals surface area contributed by atoms with Crippen molar-refractivity contribution in [2.24, 2.45) is 0 Å². The van der Waals surface area contributed by atoms with Crippen LogP contribution in [0.2, 0.25) is 0 Å². The van der Waals surface area contributed by atoms with E-state index in [0.717, 1.165) is 25.7 Å². The maximum atomic E-state index is 11.0. The van der Waals surface area contributed by atoms with E-state index < -0.39 is 6.10 Å². The third-order valence-corrected chi connectivity index (χ3v) is 4.10. The number of amides is 1. The van der Waals surface area contributed by atoms with Crippen LogP contribution >= 0.6 is 0 Å². The van der Waals surface area contributed by atoms with Crippen molar-refractivity contribution in [2.75, 3.05) is 0 Å². The summed E-state index contributed by atoms with van der Waals surface area (Å²) in [5.41, 5.74) is 0. The molecule has 1 amide bonds. The molecule has 1 aliphatic carbocycles. The average Bonchev–Trinajstić information content (AvgIpc) is 2.94. The van der Waals surface area contributed by atoms with Gasteiger partial charge in [0, 0.05) is 25.0 Å². The van der Waals surface area contributed by atoms with Gasteiger partial charge < -0.3 is 20.2 Å². The van der Waals surface area contributed by atoms with E-state index >= 15 is 0 Å². The number of rotatable bonds is 6. The zero-order valence-corrected chi connectivity index (χ0v) is 12.8. The van der Waals surface area contributed by atoms with Crippen LogP contribution in [0.1, 0.15) is 57.8 Å². The molecule has 0 bridgehead atoms. The molecular weight excluding hydrogens is 268 g/mol. The van der Waals surface area contributed by atoms with Crippen LogP contribution in [0, 0.1) is 0 Å². The van der Waals surface area contributed by atoms with E-state index in [0.29, 0.717) is 24.3 Å². The molecule has 1 saturated carbocycles. The molecular formula is C16H26N2O3. The van der Waals surface area contributed by atoms with Crippen molar-refractivity contribution < 1.29 is 14.3 Å². The third-order valence-electron chi connectivity index (χ3n) is 4.10. The lowest BCUT2D eigenvalue weighted by molar-refractivity contribution is -0.119. The Bertz CT molecular complexity index is 425. The summed E-state index contributed by atoms with van der Waals surface area (Å²) in [4.78, 5) is 11.0. The summed E-state index contributed by atoms with van der Waals surface area (Å²) in [5.74, 6) is 0.680. The molecule has 0 spiro atoms. The van der Waals surface area contributed by atoms with Crippen LogP contribution in [0.3, 0.4) is 0 Å². The standard InChI is InChI=1S/C16H26N2O3/c1-11(10-15(20)16-4-3-9-21-16)17-13-5-7-14(8-6-13)18-12(2)19/h3-4,9,11,13-15,17,20H,5-8,10H2,1-2H3,(H,18,19)/t11-,13?,14?,15+/m0/s1. The first-order valence-electron chi connectivity index (χ1n) is 7.79. The van der Waals surface area contributed by atoms with Crippen molar-refractivity contribution in [3.05, 3.63) is 24.2 Å². The Balaban J connectivity index is 1.69. The van der Waals surface area contributed by atoms with Gasteiger partial charge in [-0.2, -0.15) is 0 Å². The van der Waals surface area contributed by atoms with Gasteiger partial charge in [0.1, 0.15) is 11.9 Å². The summed E-state index contributed by atoms with van der Waals surface area (Å²) in [5, 5.41) is 16.6.